The van der Waals surface area contributed by atoms with Gasteiger partial charge in [-0.2, -0.15) is 0 Å². The molecule has 0 aromatic heterocycles. The van der Waals surface area contributed by atoms with Gasteiger partial charge >= 0.3 is 0 Å². The summed E-state index contributed by atoms with van der Waals surface area (Å²) in [5.74, 6) is -0.313. The van der Waals surface area contributed by atoms with E-state index in [0.29, 0.717) is 11.4 Å². The standard InChI is InChI=1S/C12H18N2O3S2/c1-9-10(13)3-2-4-11(9)18-6-8-19(16,17)7-5-12(14)15/h2-4H,5-8,13H2,1H3,(H2,14,15). The molecular weight excluding hydrogens is 284 g/mol. The molecule has 0 spiro atoms. The zero-order valence-electron chi connectivity index (χ0n) is 10.8. The monoisotopic (exact) mass is 302 g/mol. The first kappa shape index (κ1) is 15.8. The van der Waals surface area contributed by atoms with Crippen molar-refractivity contribution in [3.8, 4) is 0 Å². The minimum Gasteiger partial charge on any atom is -0.398 e. The summed E-state index contributed by atoms with van der Waals surface area (Å²) in [4.78, 5) is 11.5. The number of thioether (sulfide) groups is 1. The molecule has 0 aliphatic heterocycles. The van der Waals surface area contributed by atoms with Crippen LogP contribution in [0.2, 0.25) is 0 Å². The van der Waals surface area contributed by atoms with Crippen molar-refractivity contribution in [3.05, 3.63) is 23.8 Å². The molecule has 0 aliphatic carbocycles. The topological polar surface area (TPSA) is 103 Å². The van der Waals surface area contributed by atoms with Crippen molar-refractivity contribution in [3.63, 3.8) is 0 Å². The van der Waals surface area contributed by atoms with Crippen LogP contribution >= 0.6 is 11.8 Å². The molecule has 1 amide bonds. The molecule has 0 aliphatic rings. The van der Waals surface area contributed by atoms with E-state index in [2.05, 4.69) is 0 Å². The van der Waals surface area contributed by atoms with Crippen molar-refractivity contribution in [1.82, 2.24) is 0 Å². The molecule has 1 rings (SSSR count). The normalized spacial score (nSPS) is 11.4. The van der Waals surface area contributed by atoms with Gasteiger partial charge in [-0.25, -0.2) is 8.42 Å². The molecule has 0 fully saturated rings. The number of anilines is 1. The summed E-state index contributed by atoms with van der Waals surface area (Å²) in [7, 11) is -3.22. The minimum atomic E-state index is -3.22. The number of rotatable bonds is 7. The Morgan fingerprint density at radius 2 is 2.00 bits per heavy atom. The fourth-order valence-electron chi connectivity index (χ4n) is 1.42. The van der Waals surface area contributed by atoms with Crippen LogP contribution in [0.15, 0.2) is 23.1 Å². The first-order chi connectivity index (χ1) is 8.82. The van der Waals surface area contributed by atoms with Gasteiger partial charge in [0.15, 0.2) is 9.84 Å². The molecule has 4 N–H and O–H groups in total. The molecule has 106 valence electrons. The van der Waals surface area contributed by atoms with Crippen molar-refractivity contribution in [1.29, 1.82) is 0 Å². The zero-order chi connectivity index (χ0) is 14.5. The highest BCUT2D eigenvalue weighted by atomic mass is 32.2. The van der Waals surface area contributed by atoms with Crippen molar-refractivity contribution in [2.24, 2.45) is 5.73 Å². The molecule has 1 aromatic rings. The van der Waals surface area contributed by atoms with Crippen LogP contribution in [0.3, 0.4) is 0 Å². The number of carbonyl (C=O) groups is 1. The van der Waals surface area contributed by atoms with Gasteiger partial charge < -0.3 is 11.5 Å². The lowest BCUT2D eigenvalue weighted by molar-refractivity contribution is -0.117. The first-order valence-electron chi connectivity index (χ1n) is 5.78. The zero-order valence-corrected chi connectivity index (χ0v) is 12.4. The smallest absolute Gasteiger partial charge is 0.218 e. The third kappa shape index (κ3) is 5.52. The van der Waals surface area contributed by atoms with Crippen molar-refractivity contribution >= 4 is 33.2 Å². The summed E-state index contributed by atoms with van der Waals surface area (Å²) in [6.07, 6.45) is -0.121. The van der Waals surface area contributed by atoms with E-state index in [4.69, 9.17) is 11.5 Å². The van der Waals surface area contributed by atoms with Crippen LogP contribution in [0.4, 0.5) is 5.69 Å². The number of primary amides is 1. The second-order valence-corrected chi connectivity index (χ2v) is 7.63. The van der Waals surface area contributed by atoms with Crippen LogP contribution in [0.5, 0.6) is 0 Å². The van der Waals surface area contributed by atoms with Gasteiger partial charge in [-0.15, -0.1) is 11.8 Å². The number of hydrogen-bond donors (Lipinski definition) is 2. The van der Waals surface area contributed by atoms with Crippen LogP contribution in [-0.4, -0.2) is 31.6 Å². The number of benzene rings is 1. The van der Waals surface area contributed by atoms with E-state index in [9.17, 15) is 13.2 Å². The first-order valence-corrected chi connectivity index (χ1v) is 8.59. The molecule has 7 heteroatoms. The number of nitrogens with two attached hydrogens (primary N) is 2. The van der Waals surface area contributed by atoms with Gasteiger partial charge in [0.1, 0.15) is 0 Å². The number of carbonyl (C=O) groups excluding carboxylic acids is 1. The van der Waals surface area contributed by atoms with Crippen LogP contribution in [0, 0.1) is 6.92 Å². The molecule has 19 heavy (non-hydrogen) atoms. The number of amides is 1. The van der Waals surface area contributed by atoms with E-state index in [1.54, 1.807) is 0 Å². The maximum Gasteiger partial charge on any atom is 0.218 e. The van der Waals surface area contributed by atoms with Crippen molar-refractivity contribution < 1.29 is 13.2 Å². The molecule has 0 radical (unpaired) electrons. The van der Waals surface area contributed by atoms with Gasteiger partial charge in [-0.05, 0) is 24.6 Å². The predicted molar refractivity (Wildman–Crippen MR) is 78.8 cm³/mol. The summed E-state index contributed by atoms with van der Waals surface area (Å²) in [5, 5.41) is 0. The Labute approximate surface area is 117 Å². The second-order valence-electron chi connectivity index (χ2n) is 4.19. The fraction of sp³-hybridized carbons (Fsp3) is 0.417. The summed E-state index contributed by atoms with van der Waals surface area (Å²) in [6, 6.07) is 5.56. The summed E-state index contributed by atoms with van der Waals surface area (Å²) < 4.78 is 23.3. The largest absolute Gasteiger partial charge is 0.398 e. The third-order valence-electron chi connectivity index (χ3n) is 2.64. The lowest BCUT2D eigenvalue weighted by Gasteiger charge is -2.08. The number of nitrogen functional groups attached to an aromatic ring is 1. The SMILES string of the molecule is Cc1c(N)cccc1SCCS(=O)(=O)CCC(N)=O. The predicted octanol–water partition coefficient (Wildman–Crippen LogP) is 0.960. The average Bonchev–Trinajstić information content (AvgIpc) is 2.32. The van der Waals surface area contributed by atoms with E-state index < -0.39 is 15.7 Å². The van der Waals surface area contributed by atoms with Crippen molar-refractivity contribution in [2.45, 2.75) is 18.2 Å². The van der Waals surface area contributed by atoms with Gasteiger partial charge in [-0.3, -0.25) is 4.79 Å². The Bertz CT molecular complexity index is 556. The Morgan fingerprint density at radius 3 is 2.63 bits per heavy atom. The van der Waals surface area contributed by atoms with E-state index in [1.807, 2.05) is 25.1 Å². The molecule has 5 nitrogen and oxygen atoms in total. The average molecular weight is 302 g/mol. The maximum atomic E-state index is 11.6. The van der Waals surface area contributed by atoms with Gasteiger partial charge in [-0.1, -0.05) is 6.07 Å². The summed E-state index contributed by atoms with van der Waals surface area (Å²) in [5.41, 5.74) is 12.4. The van der Waals surface area contributed by atoms with Gasteiger partial charge in [0.05, 0.1) is 11.5 Å². The van der Waals surface area contributed by atoms with Crippen LogP contribution in [0.1, 0.15) is 12.0 Å². The lowest BCUT2D eigenvalue weighted by Crippen LogP contribution is -2.19. The van der Waals surface area contributed by atoms with Gasteiger partial charge in [0, 0.05) is 22.8 Å². The molecule has 1 aromatic carbocycles. The van der Waals surface area contributed by atoms with Crippen LogP contribution < -0.4 is 11.5 Å². The van der Waals surface area contributed by atoms with E-state index in [1.165, 1.54) is 11.8 Å². The Hall–Kier alpha value is -1.21. The lowest BCUT2D eigenvalue weighted by atomic mass is 10.2. The molecule has 0 unspecified atom stereocenters. The molecule has 0 bridgehead atoms. The molecular formula is C12H18N2O3S2. The van der Waals surface area contributed by atoms with Gasteiger partial charge in [0.2, 0.25) is 5.91 Å². The molecule has 0 atom stereocenters. The van der Waals surface area contributed by atoms with Gasteiger partial charge in [0.25, 0.3) is 0 Å². The summed E-state index contributed by atoms with van der Waals surface area (Å²) in [6.45, 7) is 1.90. The maximum absolute atomic E-state index is 11.6. The third-order valence-corrected chi connectivity index (χ3v) is 5.71. The van der Waals surface area contributed by atoms with E-state index in [-0.39, 0.29) is 17.9 Å². The Balaban J connectivity index is 2.50. The molecule has 0 saturated heterocycles. The molecule has 0 saturated carbocycles. The minimum absolute atomic E-state index is 0.0270. The molecule has 0 heterocycles. The summed E-state index contributed by atoms with van der Waals surface area (Å²) >= 11 is 1.45. The highest BCUT2D eigenvalue weighted by molar-refractivity contribution is 8.00. The number of sulfone groups is 1. The number of hydrogen-bond acceptors (Lipinski definition) is 5. The van der Waals surface area contributed by atoms with Crippen LogP contribution in [0.25, 0.3) is 0 Å². The quantitative estimate of drug-likeness (QED) is 0.577. The highest BCUT2D eigenvalue weighted by Gasteiger charge is 2.13. The second kappa shape index (κ2) is 6.81. The fourth-order valence-corrected chi connectivity index (χ4v) is 4.22. The Kier molecular flexibility index (Phi) is 5.68. The Morgan fingerprint density at radius 1 is 1.32 bits per heavy atom. The van der Waals surface area contributed by atoms with E-state index in [0.717, 1.165) is 10.5 Å². The highest BCUT2D eigenvalue weighted by Crippen LogP contribution is 2.26. The van der Waals surface area contributed by atoms with E-state index >= 15 is 0 Å². The van der Waals surface area contributed by atoms with Crippen LogP contribution in [-0.2, 0) is 14.6 Å². The van der Waals surface area contributed by atoms with Crippen molar-refractivity contribution in [2.75, 3.05) is 23.0 Å².